The van der Waals surface area contributed by atoms with Crippen LogP contribution in [0.4, 0.5) is 0 Å². The van der Waals surface area contributed by atoms with E-state index in [4.69, 9.17) is 9.98 Å². The zero-order chi connectivity index (χ0) is 14.7. The zero-order valence-electron chi connectivity index (χ0n) is 12.9. The maximum Gasteiger partial charge on any atom is 0.131 e. The van der Waals surface area contributed by atoms with Crippen molar-refractivity contribution >= 4 is 12.1 Å². The van der Waals surface area contributed by atoms with E-state index in [9.17, 15) is 0 Å². The highest BCUT2D eigenvalue weighted by Crippen LogP contribution is 2.34. The van der Waals surface area contributed by atoms with E-state index in [0.717, 1.165) is 44.4 Å². The van der Waals surface area contributed by atoms with Gasteiger partial charge in [0.05, 0.1) is 0 Å². The van der Waals surface area contributed by atoms with Gasteiger partial charge in [-0.15, -0.1) is 6.58 Å². The molecule has 3 aliphatic rings. The molecule has 21 heavy (non-hydrogen) atoms. The Morgan fingerprint density at radius 2 is 2.05 bits per heavy atom. The van der Waals surface area contributed by atoms with Gasteiger partial charge < -0.3 is 0 Å². The van der Waals surface area contributed by atoms with Gasteiger partial charge in [0, 0.05) is 23.7 Å². The van der Waals surface area contributed by atoms with E-state index in [0.29, 0.717) is 11.8 Å². The average molecular weight is 280 g/mol. The van der Waals surface area contributed by atoms with Crippen molar-refractivity contribution in [1.29, 1.82) is 0 Å². The van der Waals surface area contributed by atoms with E-state index in [-0.39, 0.29) is 0 Å². The van der Waals surface area contributed by atoms with E-state index in [2.05, 4.69) is 44.0 Å². The van der Waals surface area contributed by atoms with Crippen LogP contribution in [0.3, 0.4) is 0 Å². The van der Waals surface area contributed by atoms with Crippen LogP contribution in [0.5, 0.6) is 0 Å². The molecule has 1 unspecified atom stereocenters. The quantitative estimate of drug-likeness (QED) is 0.635. The molecule has 1 heterocycles. The number of hydrogen-bond donors (Lipinski definition) is 0. The molecule has 0 saturated heterocycles. The van der Waals surface area contributed by atoms with Crippen LogP contribution in [-0.2, 0) is 0 Å². The molecular weight excluding hydrogens is 256 g/mol. The Bertz CT molecular complexity index is 564. The van der Waals surface area contributed by atoms with Crippen LogP contribution in [0.25, 0.3) is 0 Å². The molecular formula is C19H24N2. The van der Waals surface area contributed by atoms with Crippen LogP contribution >= 0.6 is 0 Å². The van der Waals surface area contributed by atoms with Gasteiger partial charge in [-0.3, -0.25) is 0 Å². The Morgan fingerprint density at radius 1 is 1.24 bits per heavy atom. The minimum atomic E-state index is 0.386. The second-order valence-corrected chi connectivity index (χ2v) is 6.24. The first kappa shape index (κ1) is 14.2. The van der Waals surface area contributed by atoms with Crippen molar-refractivity contribution in [2.45, 2.75) is 45.4 Å². The molecule has 0 aromatic heterocycles. The van der Waals surface area contributed by atoms with Crippen LogP contribution in [-0.4, -0.2) is 12.1 Å². The molecule has 110 valence electrons. The first-order valence-corrected chi connectivity index (χ1v) is 8.04. The molecule has 0 N–H and O–H groups in total. The van der Waals surface area contributed by atoms with Crippen molar-refractivity contribution in [2.75, 3.05) is 0 Å². The maximum absolute atomic E-state index is 5.01. The lowest BCUT2D eigenvalue weighted by atomic mass is 9.89. The van der Waals surface area contributed by atoms with E-state index >= 15 is 0 Å². The highest BCUT2D eigenvalue weighted by Gasteiger charge is 2.23. The minimum absolute atomic E-state index is 0.386. The molecule has 2 aliphatic carbocycles. The van der Waals surface area contributed by atoms with Crippen LogP contribution in [0.1, 0.15) is 45.4 Å². The fourth-order valence-corrected chi connectivity index (χ4v) is 3.40. The van der Waals surface area contributed by atoms with Crippen molar-refractivity contribution < 1.29 is 0 Å². The van der Waals surface area contributed by atoms with Gasteiger partial charge in [0.1, 0.15) is 5.84 Å². The number of rotatable bonds is 2. The topological polar surface area (TPSA) is 24.7 Å². The van der Waals surface area contributed by atoms with Crippen molar-refractivity contribution in [3.8, 4) is 0 Å². The Balaban J connectivity index is 1.99. The van der Waals surface area contributed by atoms with Crippen LogP contribution in [0.2, 0.25) is 0 Å². The highest BCUT2D eigenvalue weighted by molar-refractivity contribution is 5.93. The summed E-state index contributed by atoms with van der Waals surface area (Å²) in [6.45, 7) is 6.26. The van der Waals surface area contributed by atoms with E-state index in [1.165, 1.54) is 16.8 Å². The predicted molar refractivity (Wildman–Crippen MR) is 90.7 cm³/mol. The van der Waals surface area contributed by atoms with Crippen molar-refractivity contribution in [3.63, 3.8) is 0 Å². The van der Waals surface area contributed by atoms with Gasteiger partial charge in [-0.05, 0) is 51.0 Å². The summed E-state index contributed by atoms with van der Waals surface area (Å²) >= 11 is 0. The first-order chi connectivity index (χ1) is 10.3. The standard InChI is InChI=1S/C19H24N2/c1-3-15-11-12-20-19(16-8-4-5-9-16)21-18-10-6-7-14(2)13-17(15)18/h3-5,7,12,15-16H,1,6,8-11,13H2,2H3. The number of aliphatic imine (C=N–C) groups is 2. The zero-order valence-corrected chi connectivity index (χ0v) is 12.9. The van der Waals surface area contributed by atoms with Crippen LogP contribution in [0.15, 0.2) is 57.7 Å². The largest absolute Gasteiger partial charge is 0.245 e. The fraction of sp³-hybridized carbons (Fsp3) is 0.474. The molecule has 1 aliphatic heterocycles. The molecule has 0 aromatic rings. The summed E-state index contributed by atoms with van der Waals surface area (Å²) < 4.78 is 0. The monoisotopic (exact) mass is 280 g/mol. The third-order valence-electron chi connectivity index (χ3n) is 4.65. The number of amidine groups is 1. The average Bonchev–Trinajstić information content (AvgIpc) is 2.93. The van der Waals surface area contributed by atoms with Gasteiger partial charge >= 0.3 is 0 Å². The van der Waals surface area contributed by atoms with Crippen molar-refractivity contribution in [3.05, 3.63) is 47.7 Å². The van der Waals surface area contributed by atoms with E-state index in [1.807, 2.05) is 0 Å². The third kappa shape index (κ3) is 3.15. The van der Waals surface area contributed by atoms with Crippen LogP contribution in [0, 0.1) is 11.8 Å². The predicted octanol–water partition coefficient (Wildman–Crippen LogP) is 5.01. The van der Waals surface area contributed by atoms with Crippen molar-refractivity contribution in [2.24, 2.45) is 21.8 Å². The molecule has 0 amide bonds. The lowest BCUT2D eigenvalue weighted by Crippen LogP contribution is -2.14. The van der Waals surface area contributed by atoms with Gasteiger partial charge in [0.15, 0.2) is 0 Å². The molecule has 0 aromatic carbocycles. The summed E-state index contributed by atoms with van der Waals surface area (Å²) in [6, 6.07) is 0. The molecule has 2 nitrogen and oxygen atoms in total. The second-order valence-electron chi connectivity index (χ2n) is 6.24. The van der Waals surface area contributed by atoms with Crippen LogP contribution < -0.4 is 0 Å². The highest BCUT2D eigenvalue weighted by atomic mass is 14.9. The van der Waals surface area contributed by atoms with Gasteiger partial charge in [0.25, 0.3) is 0 Å². The third-order valence-corrected chi connectivity index (χ3v) is 4.65. The molecule has 0 saturated carbocycles. The molecule has 0 radical (unpaired) electrons. The van der Waals surface area contributed by atoms with E-state index < -0.39 is 0 Å². The summed E-state index contributed by atoms with van der Waals surface area (Å²) in [5.41, 5.74) is 4.20. The van der Waals surface area contributed by atoms with Gasteiger partial charge in [-0.25, -0.2) is 9.98 Å². The molecule has 3 rings (SSSR count). The maximum atomic E-state index is 5.01. The van der Waals surface area contributed by atoms with E-state index in [1.54, 1.807) is 0 Å². The molecule has 0 bridgehead atoms. The number of hydrogen-bond acceptors (Lipinski definition) is 2. The fourth-order valence-electron chi connectivity index (χ4n) is 3.40. The first-order valence-electron chi connectivity index (χ1n) is 8.04. The smallest absolute Gasteiger partial charge is 0.131 e. The summed E-state index contributed by atoms with van der Waals surface area (Å²) in [7, 11) is 0. The molecule has 1 atom stereocenters. The second kappa shape index (κ2) is 6.38. The number of allylic oxidation sites excluding steroid dienone is 7. The van der Waals surface area contributed by atoms with Gasteiger partial charge in [-0.2, -0.15) is 0 Å². The Hall–Kier alpha value is -1.70. The summed E-state index contributed by atoms with van der Waals surface area (Å²) in [5.74, 6) is 1.90. The lowest BCUT2D eigenvalue weighted by molar-refractivity contribution is 0.724. The molecule has 2 heteroatoms. The Labute approximate surface area is 127 Å². The van der Waals surface area contributed by atoms with Gasteiger partial charge in [0.2, 0.25) is 0 Å². The summed E-state index contributed by atoms with van der Waals surface area (Å²) in [6.07, 6.45) is 17.3. The van der Waals surface area contributed by atoms with Crippen molar-refractivity contribution in [1.82, 2.24) is 0 Å². The SMILES string of the molecule is C=CC1CC=NC(C2CC=CC2)=NC2=C1CC(C)=CCC2. The minimum Gasteiger partial charge on any atom is -0.245 e. The molecule has 0 spiro atoms. The lowest BCUT2D eigenvalue weighted by Gasteiger charge is -2.21. The summed E-state index contributed by atoms with van der Waals surface area (Å²) in [5, 5.41) is 0. The van der Waals surface area contributed by atoms with Gasteiger partial charge in [-0.1, -0.05) is 29.9 Å². The summed E-state index contributed by atoms with van der Waals surface area (Å²) in [4.78, 5) is 9.70. The molecule has 0 fully saturated rings. The normalized spacial score (nSPS) is 26.6. The Kier molecular flexibility index (Phi) is 4.33. The Morgan fingerprint density at radius 3 is 2.81 bits per heavy atom. The number of nitrogens with zero attached hydrogens (tertiary/aromatic N) is 2.